The first-order chi connectivity index (χ1) is 56.8. The summed E-state index contributed by atoms with van der Waals surface area (Å²) in [6, 6.07) is 158. The van der Waals surface area contributed by atoms with Gasteiger partial charge in [0.05, 0.1) is 33.1 Å². The third kappa shape index (κ3) is 13.8. The smallest absolute Gasteiger partial charge is 0.0541 e. The van der Waals surface area contributed by atoms with Crippen molar-refractivity contribution >= 4 is 110 Å². The largest absolute Gasteiger partial charge is 0.345 e. The van der Waals surface area contributed by atoms with Crippen LogP contribution in [0.4, 0.5) is 34.1 Å². The van der Waals surface area contributed by atoms with E-state index in [2.05, 4.69) is 492 Å². The van der Waals surface area contributed by atoms with E-state index in [9.17, 15) is 0 Å². The Kier molecular flexibility index (Phi) is 19.0. The molecule has 115 heavy (non-hydrogen) atoms. The quantitative estimate of drug-likeness (QED) is 0.108. The van der Waals surface area contributed by atoms with E-state index in [1.807, 2.05) is 0 Å². The first-order valence-electron chi connectivity index (χ1n) is 39.4. The molecule has 0 fully saturated rings. The number of para-hydroxylation sites is 7. The Hall–Kier alpha value is -15.0. The van der Waals surface area contributed by atoms with E-state index in [0.29, 0.717) is 0 Å². The molecule has 0 aliphatic heterocycles. The number of nitrogens with zero attached hydrogens (tertiary/aromatic N) is 6. The van der Waals surface area contributed by atoms with Crippen molar-refractivity contribution in [3.63, 3.8) is 0 Å². The number of aromatic nitrogens is 3. The average molecular weight is 1480 g/mol. The minimum absolute atomic E-state index is 1.16. The summed E-state index contributed by atoms with van der Waals surface area (Å²) in [5, 5.41) is 10.2. The molecule has 0 saturated heterocycles. The van der Waals surface area contributed by atoms with Gasteiger partial charge >= 0.3 is 0 Å². The Morgan fingerprint density at radius 3 is 0.817 bits per heavy atom. The van der Waals surface area contributed by atoms with Gasteiger partial charge in [-0.15, -0.1) is 0 Å². The van der Waals surface area contributed by atoms with Gasteiger partial charge in [0, 0.05) is 110 Å². The maximum absolute atomic E-state index is 2.36. The zero-order valence-electron chi connectivity index (χ0n) is 64.3. The summed E-state index contributed by atoms with van der Waals surface area (Å²) in [7, 11) is 6.39. The molecule has 0 atom stereocenters. The number of benzene rings is 18. The fourth-order valence-electron chi connectivity index (χ4n) is 16.6. The Labute approximate surface area is 671 Å². The fraction of sp³-hybridized carbons (Fsp3) is 0.0275. The molecule has 548 valence electrons. The highest BCUT2D eigenvalue weighted by Gasteiger charge is 2.18. The molecule has 6 heteroatoms. The number of hydrogen-bond acceptors (Lipinski definition) is 3. The standard InChI is InChI=1S/2C37H28N2.C35H26N2/c1-38(35-16-8-5-13-32(35)29-11-3-2-4-12-29)30-23-19-27(20-24-30)28-21-25-31(26-22-28)39-36-17-9-6-14-33(36)34-15-7-10-18-37(34)39;1-38(33-13-9-12-30(26-33)27-10-3-2-4-11-27)31-22-18-28(19-23-31)29-20-24-32(25-21-29)39-36-16-7-5-14-34(36)35-15-6-8-17-37(35)39;1-36(31-23-18-25-8-2-3-9-28(25)24-31)29-19-14-26(15-20-29)27-16-21-30(22-17-27)37-34-12-6-4-10-32(34)33-11-5-7-13-35(33)37/h2*2-26H,1H3;2-24H,1H3. The van der Waals surface area contributed by atoms with Gasteiger partial charge in [0.15, 0.2) is 0 Å². The average Bonchev–Trinajstić information content (AvgIpc) is 1.62. The van der Waals surface area contributed by atoms with E-state index in [1.54, 1.807) is 0 Å². The van der Waals surface area contributed by atoms with Gasteiger partial charge in [-0.05, 0) is 200 Å². The van der Waals surface area contributed by atoms with Crippen molar-refractivity contribution in [3.8, 4) is 72.7 Å². The maximum atomic E-state index is 2.36. The number of rotatable bonds is 14. The van der Waals surface area contributed by atoms with Crippen LogP contribution in [-0.4, -0.2) is 34.8 Å². The first kappa shape index (κ1) is 70.4. The molecule has 0 amide bonds. The predicted octanol–water partition coefficient (Wildman–Crippen LogP) is 29.1. The van der Waals surface area contributed by atoms with Crippen molar-refractivity contribution < 1.29 is 0 Å². The molecule has 18 aromatic carbocycles. The second kappa shape index (κ2) is 31.1. The summed E-state index contributed by atoms with van der Waals surface area (Å²) in [5.74, 6) is 0. The number of fused-ring (bicyclic) bond motifs is 10. The van der Waals surface area contributed by atoms with Gasteiger partial charge in [-0.25, -0.2) is 0 Å². The summed E-state index contributed by atoms with van der Waals surface area (Å²) in [6.07, 6.45) is 0. The highest BCUT2D eigenvalue weighted by atomic mass is 15.1. The highest BCUT2D eigenvalue weighted by molar-refractivity contribution is 6.11. The van der Waals surface area contributed by atoms with Crippen LogP contribution in [0.3, 0.4) is 0 Å². The number of anilines is 6. The van der Waals surface area contributed by atoms with Crippen molar-refractivity contribution in [1.82, 2.24) is 13.7 Å². The fourth-order valence-corrected chi connectivity index (χ4v) is 16.6. The van der Waals surface area contributed by atoms with Gasteiger partial charge in [0.2, 0.25) is 0 Å². The molecule has 3 heterocycles. The normalized spacial score (nSPS) is 11.3. The molecule has 21 rings (SSSR count). The highest BCUT2D eigenvalue weighted by Crippen LogP contribution is 2.41. The van der Waals surface area contributed by atoms with Crippen LogP contribution < -0.4 is 14.7 Å². The molecule has 21 aromatic rings. The Morgan fingerprint density at radius 1 is 0.165 bits per heavy atom. The van der Waals surface area contributed by atoms with Crippen molar-refractivity contribution in [2.45, 2.75) is 0 Å². The van der Waals surface area contributed by atoms with Crippen LogP contribution >= 0.6 is 0 Å². The van der Waals surface area contributed by atoms with Crippen LogP contribution in [-0.2, 0) is 0 Å². The summed E-state index contributed by atoms with van der Waals surface area (Å²) in [4.78, 5) is 6.74. The van der Waals surface area contributed by atoms with Gasteiger partial charge in [0.1, 0.15) is 0 Å². The predicted molar refractivity (Wildman–Crippen MR) is 491 cm³/mol. The second-order valence-electron chi connectivity index (χ2n) is 29.4. The lowest BCUT2D eigenvalue weighted by Gasteiger charge is -2.23. The van der Waals surface area contributed by atoms with E-state index < -0.39 is 0 Å². The topological polar surface area (TPSA) is 24.5 Å². The van der Waals surface area contributed by atoms with Crippen molar-refractivity contribution in [2.24, 2.45) is 0 Å². The maximum Gasteiger partial charge on any atom is 0.0541 e. The third-order valence-corrected chi connectivity index (χ3v) is 22.7. The molecule has 0 N–H and O–H groups in total. The van der Waals surface area contributed by atoms with Crippen molar-refractivity contribution in [1.29, 1.82) is 0 Å². The van der Waals surface area contributed by atoms with E-state index in [1.165, 1.54) is 172 Å². The molecule has 0 radical (unpaired) electrons. The van der Waals surface area contributed by atoms with Gasteiger partial charge in [-0.2, -0.15) is 0 Å². The van der Waals surface area contributed by atoms with Crippen LogP contribution in [0.15, 0.2) is 443 Å². The van der Waals surface area contributed by atoms with Gasteiger partial charge in [-0.1, -0.05) is 303 Å². The molecule has 0 aliphatic rings. The summed E-state index contributed by atoms with van der Waals surface area (Å²) in [5.41, 5.74) is 30.1. The second-order valence-corrected chi connectivity index (χ2v) is 29.4. The van der Waals surface area contributed by atoms with E-state index in [-0.39, 0.29) is 0 Å². The third-order valence-electron chi connectivity index (χ3n) is 22.7. The Balaban J connectivity index is 0.000000115. The first-order valence-corrected chi connectivity index (χ1v) is 39.4. The molecule has 6 nitrogen and oxygen atoms in total. The van der Waals surface area contributed by atoms with Crippen LogP contribution in [0.25, 0.3) is 149 Å². The molecule has 0 saturated carbocycles. The van der Waals surface area contributed by atoms with Crippen molar-refractivity contribution in [2.75, 3.05) is 35.8 Å². The molecular weight excluding hydrogens is 1390 g/mol. The van der Waals surface area contributed by atoms with Crippen LogP contribution in [0.1, 0.15) is 0 Å². The van der Waals surface area contributed by atoms with Crippen molar-refractivity contribution in [3.05, 3.63) is 443 Å². The van der Waals surface area contributed by atoms with Crippen LogP contribution in [0.2, 0.25) is 0 Å². The SMILES string of the molecule is CN(c1ccc(-c2ccc(-n3c4ccccc4c4ccccc43)cc2)cc1)c1ccc2ccccc2c1.CN(c1ccc(-c2ccc(-n3c4ccccc4c4ccccc43)cc2)cc1)c1cccc(-c2ccccc2)c1.CN(c1ccc(-c2ccc(-n3c4ccccc4c4ccccc43)cc2)cc1)c1ccccc1-c1ccccc1. The lowest BCUT2D eigenvalue weighted by atomic mass is 10.0. The minimum atomic E-state index is 1.16. The van der Waals surface area contributed by atoms with Gasteiger partial charge in [-0.3, -0.25) is 0 Å². The van der Waals surface area contributed by atoms with E-state index in [0.717, 1.165) is 11.4 Å². The van der Waals surface area contributed by atoms with E-state index in [4.69, 9.17) is 0 Å². The van der Waals surface area contributed by atoms with Crippen LogP contribution in [0, 0.1) is 0 Å². The summed E-state index contributed by atoms with van der Waals surface area (Å²) in [6.45, 7) is 0. The lowest BCUT2D eigenvalue weighted by Crippen LogP contribution is -2.10. The lowest BCUT2D eigenvalue weighted by molar-refractivity contribution is 1.18. The molecule has 0 aliphatic carbocycles. The van der Waals surface area contributed by atoms with Gasteiger partial charge in [0.25, 0.3) is 0 Å². The zero-order valence-corrected chi connectivity index (χ0v) is 64.3. The van der Waals surface area contributed by atoms with Crippen LogP contribution in [0.5, 0.6) is 0 Å². The number of hydrogen-bond donors (Lipinski definition) is 0. The zero-order chi connectivity index (χ0) is 77.1. The van der Waals surface area contributed by atoms with E-state index >= 15 is 0 Å². The molecular formula is C109H82N6. The molecule has 0 spiro atoms. The summed E-state index contributed by atoms with van der Waals surface area (Å²) < 4.78 is 7.07. The monoisotopic (exact) mass is 1470 g/mol. The Morgan fingerprint density at radius 2 is 0.435 bits per heavy atom. The Bertz CT molecular complexity index is 6860. The minimum Gasteiger partial charge on any atom is -0.345 e. The molecule has 0 bridgehead atoms. The molecule has 0 unspecified atom stereocenters. The molecule has 3 aromatic heterocycles. The summed E-state index contributed by atoms with van der Waals surface area (Å²) >= 11 is 0. The van der Waals surface area contributed by atoms with Gasteiger partial charge < -0.3 is 28.4 Å².